The third-order valence-electron chi connectivity index (χ3n) is 2.22. The minimum Gasteiger partial charge on any atom is -0.382 e. The van der Waals surface area contributed by atoms with Gasteiger partial charge < -0.3 is 11.5 Å². The van der Waals surface area contributed by atoms with Crippen LogP contribution in [0.4, 0.5) is 27.4 Å². The predicted octanol–water partition coefficient (Wildman–Crippen LogP) is 2.44. The zero-order valence-electron chi connectivity index (χ0n) is 9.11. The predicted molar refractivity (Wildman–Crippen MR) is 62.7 cm³/mol. The summed E-state index contributed by atoms with van der Waals surface area (Å²) in [6.45, 7) is 1.67. The number of rotatable bonds is 2. The lowest BCUT2D eigenvalue weighted by Gasteiger charge is -1.96. The van der Waals surface area contributed by atoms with E-state index in [1.54, 1.807) is 19.1 Å². The van der Waals surface area contributed by atoms with Crippen molar-refractivity contribution in [1.29, 1.82) is 0 Å². The van der Waals surface area contributed by atoms with Crippen molar-refractivity contribution in [2.75, 3.05) is 11.5 Å². The maximum Gasteiger partial charge on any atom is 0.175 e. The van der Waals surface area contributed by atoms with Crippen LogP contribution in [0.25, 0.3) is 0 Å². The van der Waals surface area contributed by atoms with Gasteiger partial charge in [-0.25, -0.2) is 4.39 Å². The van der Waals surface area contributed by atoms with Gasteiger partial charge in [-0.15, -0.1) is 5.11 Å². The SMILES string of the molecule is Cc1ccc(N=Nc2c(N)n[nH]c2N)cc1F. The molecular formula is C10H11FN6. The number of nitrogens with one attached hydrogen (secondary N) is 1. The number of hydrogen-bond donors (Lipinski definition) is 3. The summed E-state index contributed by atoms with van der Waals surface area (Å²) in [5.41, 5.74) is 12.2. The lowest BCUT2D eigenvalue weighted by Crippen LogP contribution is -1.84. The fourth-order valence-electron chi connectivity index (χ4n) is 1.22. The topological polar surface area (TPSA) is 105 Å². The number of aromatic nitrogens is 2. The number of hydrogen-bond acceptors (Lipinski definition) is 5. The summed E-state index contributed by atoms with van der Waals surface area (Å²) in [5.74, 6) is 0.0345. The zero-order valence-corrected chi connectivity index (χ0v) is 9.11. The van der Waals surface area contributed by atoms with Crippen LogP contribution in [-0.2, 0) is 0 Å². The Morgan fingerprint density at radius 3 is 2.65 bits per heavy atom. The average molecular weight is 234 g/mol. The van der Waals surface area contributed by atoms with E-state index in [1.807, 2.05) is 0 Å². The Balaban J connectivity index is 2.29. The van der Waals surface area contributed by atoms with Gasteiger partial charge in [-0.2, -0.15) is 10.2 Å². The Morgan fingerprint density at radius 2 is 2.06 bits per heavy atom. The Labute approximate surface area is 96.5 Å². The van der Waals surface area contributed by atoms with Crippen molar-refractivity contribution in [3.05, 3.63) is 29.6 Å². The second kappa shape index (κ2) is 4.20. The van der Waals surface area contributed by atoms with Gasteiger partial charge in [-0.1, -0.05) is 6.07 Å². The largest absolute Gasteiger partial charge is 0.382 e. The molecule has 0 fully saturated rings. The van der Waals surface area contributed by atoms with Crippen molar-refractivity contribution in [2.24, 2.45) is 10.2 Å². The second-order valence-corrected chi connectivity index (χ2v) is 3.50. The highest BCUT2D eigenvalue weighted by Gasteiger charge is 2.06. The molecule has 0 atom stereocenters. The molecule has 6 nitrogen and oxygen atoms in total. The minimum atomic E-state index is -0.338. The van der Waals surface area contributed by atoms with Crippen molar-refractivity contribution in [2.45, 2.75) is 6.92 Å². The molecule has 0 amide bonds. The second-order valence-electron chi connectivity index (χ2n) is 3.50. The summed E-state index contributed by atoms with van der Waals surface area (Å²) in [4.78, 5) is 0. The molecule has 0 aliphatic rings. The van der Waals surface area contributed by atoms with Crippen LogP contribution in [0.3, 0.4) is 0 Å². The Morgan fingerprint density at radius 1 is 1.29 bits per heavy atom. The first-order chi connectivity index (χ1) is 8.08. The van der Waals surface area contributed by atoms with E-state index < -0.39 is 0 Å². The molecule has 7 heteroatoms. The van der Waals surface area contributed by atoms with Gasteiger partial charge in [0.2, 0.25) is 0 Å². The number of nitrogen functional groups attached to an aromatic ring is 2. The van der Waals surface area contributed by atoms with E-state index in [-0.39, 0.29) is 23.1 Å². The van der Waals surface area contributed by atoms with Gasteiger partial charge in [-0.3, -0.25) is 5.10 Å². The fourth-order valence-corrected chi connectivity index (χ4v) is 1.22. The average Bonchev–Trinajstić information content (AvgIpc) is 2.61. The number of benzene rings is 1. The summed E-state index contributed by atoms with van der Waals surface area (Å²) in [6, 6.07) is 4.55. The lowest BCUT2D eigenvalue weighted by molar-refractivity contribution is 0.618. The van der Waals surface area contributed by atoms with Crippen molar-refractivity contribution >= 4 is 23.0 Å². The van der Waals surface area contributed by atoms with Gasteiger partial charge in [0, 0.05) is 6.07 Å². The van der Waals surface area contributed by atoms with E-state index in [9.17, 15) is 4.39 Å². The van der Waals surface area contributed by atoms with Crippen LogP contribution >= 0.6 is 0 Å². The molecule has 0 radical (unpaired) electrons. The number of aryl methyl sites for hydroxylation is 1. The van der Waals surface area contributed by atoms with Crippen molar-refractivity contribution in [3.8, 4) is 0 Å². The maximum absolute atomic E-state index is 13.2. The van der Waals surface area contributed by atoms with Crippen LogP contribution in [-0.4, -0.2) is 10.2 Å². The summed E-state index contributed by atoms with van der Waals surface area (Å²) in [5, 5.41) is 13.8. The molecule has 2 rings (SSSR count). The molecular weight excluding hydrogens is 223 g/mol. The summed E-state index contributed by atoms with van der Waals surface area (Å²) >= 11 is 0. The van der Waals surface area contributed by atoms with Gasteiger partial charge in [-0.05, 0) is 18.6 Å². The number of aromatic amines is 1. The number of halogens is 1. The molecule has 88 valence electrons. The molecule has 0 aliphatic heterocycles. The fraction of sp³-hybridized carbons (Fsp3) is 0.100. The van der Waals surface area contributed by atoms with Crippen LogP contribution < -0.4 is 11.5 Å². The van der Waals surface area contributed by atoms with Crippen LogP contribution in [0, 0.1) is 12.7 Å². The zero-order chi connectivity index (χ0) is 12.4. The molecule has 0 aliphatic carbocycles. The number of anilines is 2. The molecule has 0 spiro atoms. The monoisotopic (exact) mass is 234 g/mol. The number of H-pyrrole nitrogens is 1. The first-order valence-corrected chi connectivity index (χ1v) is 4.85. The van der Waals surface area contributed by atoms with Gasteiger partial charge in [0.05, 0.1) is 5.69 Å². The van der Waals surface area contributed by atoms with Crippen LogP contribution in [0.5, 0.6) is 0 Å². The Bertz CT molecular complexity index is 555. The van der Waals surface area contributed by atoms with Crippen molar-refractivity contribution in [1.82, 2.24) is 10.2 Å². The van der Waals surface area contributed by atoms with E-state index in [1.165, 1.54) is 6.07 Å². The van der Waals surface area contributed by atoms with E-state index in [0.717, 1.165) is 0 Å². The molecule has 0 unspecified atom stereocenters. The highest BCUT2D eigenvalue weighted by atomic mass is 19.1. The van der Waals surface area contributed by atoms with E-state index in [0.29, 0.717) is 11.3 Å². The van der Waals surface area contributed by atoms with E-state index in [2.05, 4.69) is 20.4 Å². The summed E-state index contributed by atoms with van der Waals surface area (Å²) < 4.78 is 13.2. The van der Waals surface area contributed by atoms with Gasteiger partial charge in [0.1, 0.15) is 11.6 Å². The third kappa shape index (κ3) is 2.22. The third-order valence-corrected chi connectivity index (χ3v) is 2.22. The van der Waals surface area contributed by atoms with Gasteiger partial charge >= 0.3 is 0 Å². The molecule has 1 heterocycles. The van der Waals surface area contributed by atoms with Crippen LogP contribution in [0.2, 0.25) is 0 Å². The first-order valence-electron chi connectivity index (χ1n) is 4.85. The quantitative estimate of drug-likeness (QED) is 0.694. The molecule has 5 N–H and O–H groups in total. The van der Waals surface area contributed by atoms with E-state index in [4.69, 9.17) is 11.5 Å². The highest BCUT2D eigenvalue weighted by molar-refractivity contribution is 5.70. The van der Waals surface area contributed by atoms with Gasteiger partial charge in [0.15, 0.2) is 11.5 Å². The van der Waals surface area contributed by atoms with Crippen LogP contribution in [0.15, 0.2) is 28.4 Å². The minimum absolute atomic E-state index is 0.152. The van der Waals surface area contributed by atoms with E-state index >= 15 is 0 Å². The molecule has 1 aromatic heterocycles. The lowest BCUT2D eigenvalue weighted by atomic mass is 10.2. The van der Waals surface area contributed by atoms with Gasteiger partial charge in [0.25, 0.3) is 0 Å². The number of nitrogens with zero attached hydrogens (tertiary/aromatic N) is 3. The molecule has 0 saturated carbocycles. The summed E-state index contributed by atoms with van der Waals surface area (Å²) in [6.07, 6.45) is 0. The Kier molecular flexibility index (Phi) is 2.73. The molecule has 0 bridgehead atoms. The Hall–Kier alpha value is -2.44. The van der Waals surface area contributed by atoms with Crippen LogP contribution in [0.1, 0.15) is 5.56 Å². The molecule has 1 aromatic carbocycles. The van der Waals surface area contributed by atoms with Crippen molar-refractivity contribution in [3.63, 3.8) is 0 Å². The standard InChI is InChI=1S/C10H11FN6/c1-5-2-3-6(4-7(5)11)14-15-8-9(12)16-17-10(8)13/h2-4H,1H3,(H5,12,13,16,17). The summed E-state index contributed by atoms with van der Waals surface area (Å²) in [7, 11) is 0. The molecule has 0 saturated heterocycles. The normalized spacial score (nSPS) is 11.2. The first kappa shape index (κ1) is 11.1. The number of azo groups is 1. The molecule has 17 heavy (non-hydrogen) atoms. The maximum atomic E-state index is 13.2. The van der Waals surface area contributed by atoms with Crippen molar-refractivity contribution < 1.29 is 4.39 Å². The number of nitrogens with two attached hydrogens (primary N) is 2. The highest BCUT2D eigenvalue weighted by Crippen LogP contribution is 2.28. The smallest absolute Gasteiger partial charge is 0.175 e. The molecule has 2 aromatic rings.